The van der Waals surface area contributed by atoms with Crippen LogP contribution in [0.2, 0.25) is 17.5 Å². The van der Waals surface area contributed by atoms with E-state index in [1.165, 1.54) is 64.2 Å². The van der Waals surface area contributed by atoms with E-state index in [1.807, 2.05) is 0 Å². The van der Waals surface area contributed by atoms with Crippen molar-refractivity contribution >= 4 is 6.15 Å². The molecule has 0 aromatic heterocycles. The number of hydrogen-bond acceptors (Lipinski definition) is 1. The van der Waals surface area contributed by atoms with Gasteiger partial charge >= 0.3 is 0 Å². The van der Waals surface area contributed by atoms with Crippen LogP contribution in [0.15, 0.2) is 0 Å². The van der Waals surface area contributed by atoms with Gasteiger partial charge in [0.15, 0.2) is 0 Å². The Morgan fingerprint density at radius 3 is 1.94 bits per heavy atom. The predicted molar refractivity (Wildman–Crippen MR) is 75.8 cm³/mol. The summed E-state index contributed by atoms with van der Waals surface area (Å²) in [7, 11) is 0. The van der Waals surface area contributed by atoms with Gasteiger partial charge < -0.3 is 0 Å². The van der Waals surface area contributed by atoms with Gasteiger partial charge in [0, 0.05) is 0 Å². The van der Waals surface area contributed by atoms with Gasteiger partial charge in [0.05, 0.1) is 0 Å². The van der Waals surface area contributed by atoms with Crippen molar-refractivity contribution in [2.45, 2.75) is 81.7 Å². The number of fused-ring (bicyclic) bond motifs is 4. The average molecular weight is 242 g/mol. The highest BCUT2D eigenvalue weighted by Gasteiger charge is 2.54. The second kappa shape index (κ2) is 4.02. The van der Waals surface area contributed by atoms with Crippen LogP contribution in [0.1, 0.15) is 64.2 Å². The van der Waals surface area contributed by atoms with E-state index in [1.54, 1.807) is 0 Å². The third kappa shape index (κ3) is 1.34. The maximum absolute atomic E-state index is 10.1. The molecule has 2 heterocycles. The molecule has 0 amide bonds. The number of hydrogen-bond donors (Lipinski definition) is 0. The van der Waals surface area contributed by atoms with Crippen molar-refractivity contribution in [1.82, 2.24) is 0 Å². The van der Waals surface area contributed by atoms with Crippen molar-refractivity contribution in [3.05, 3.63) is 0 Å². The highest BCUT2D eigenvalue weighted by molar-refractivity contribution is 6.91. The van der Waals surface area contributed by atoms with Gasteiger partial charge in [0.2, 0.25) is 0 Å². The van der Waals surface area contributed by atoms with E-state index in [0.717, 1.165) is 29.3 Å². The van der Waals surface area contributed by atoms with Gasteiger partial charge in [-0.3, -0.25) is 0 Å². The van der Waals surface area contributed by atoms with E-state index in [-0.39, 0.29) is 0 Å². The number of rotatable bonds is 1. The topological polar surface area (TPSA) is 23.8 Å². The predicted octanol–water partition coefficient (Wildman–Crippen LogP) is 4.80. The molecule has 1 nitrogen and oxygen atoms in total. The Morgan fingerprint density at radius 2 is 1.50 bits per heavy atom. The smallest absolute Gasteiger partial charge is 0.114 e. The van der Waals surface area contributed by atoms with E-state index in [4.69, 9.17) is 0 Å². The quantitative estimate of drug-likeness (QED) is 0.606. The largest absolute Gasteiger partial charge is 0.250 e. The Morgan fingerprint density at radius 1 is 0.833 bits per heavy atom. The van der Waals surface area contributed by atoms with Crippen LogP contribution < -0.4 is 0 Å². The van der Waals surface area contributed by atoms with Crippen molar-refractivity contribution in [1.29, 1.82) is 5.26 Å². The van der Waals surface area contributed by atoms with Gasteiger partial charge in [-0.2, -0.15) is 17.6 Å². The Bertz CT molecular complexity index is 363. The summed E-state index contributed by atoms with van der Waals surface area (Å²) in [5, 5.41) is 10.1. The maximum atomic E-state index is 10.1. The lowest BCUT2D eigenvalue weighted by atomic mass is 9.05. The fourth-order valence-corrected chi connectivity index (χ4v) is 7.04. The molecule has 0 aromatic carbocycles. The van der Waals surface area contributed by atoms with Crippen molar-refractivity contribution in [2.75, 3.05) is 0 Å². The van der Waals surface area contributed by atoms with Crippen LogP contribution in [0.5, 0.6) is 0 Å². The van der Waals surface area contributed by atoms with Crippen LogP contribution in [-0.4, -0.2) is 6.15 Å². The summed E-state index contributed by atoms with van der Waals surface area (Å²) in [6.45, 7) is 0. The van der Waals surface area contributed by atoms with Gasteiger partial charge in [0.25, 0.3) is 0 Å². The minimum atomic E-state index is -0.661. The van der Waals surface area contributed by atoms with Gasteiger partial charge in [-0.05, 0) is 5.92 Å². The molecule has 4 rings (SSSR count). The molecule has 2 aliphatic heterocycles. The molecule has 0 radical (unpaired) electrons. The first-order chi connectivity index (χ1) is 8.84. The molecule has 0 spiro atoms. The van der Waals surface area contributed by atoms with Crippen LogP contribution in [-0.2, 0) is 0 Å². The van der Waals surface area contributed by atoms with Gasteiger partial charge in [-0.25, -0.2) is 5.26 Å². The second-order valence-corrected chi connectivity index (χ2v) is 7.93. The van der Waals surface area contributed by atoms with Crippen LogP contribution >= 0.6 is 0 Å². The maximum Gasteiger partial charge on any atom is 0.114 e. The highest BCUT2D eigenvalue weighted by Crippen LogP contribution is 2.65. The monoisotopic (exact) mass is 242 g/mol. The Labute approximate surface area is 111 Å². The third-order valence-electron chi connectivity index (χ3n) is 7.58. The summed E-state index contributed by atoms with van der Waals surface area (Å²) < 4.78 is 0. The number of nitriles is 1. The lowest BCUT2D eigenvalue weighted by Gasteiger charge is -2.59. The molecule has 3 unspecified atom stereocenters. The summed E-state index contributed by atoms with van der Waals surface area (Å²) in [5.74, 6) is 7.48. The average Bonchev–Trinajstić information content (AvgIpc) is 2.99. The van der Waals surface area contributed by atoms with E-state index in [0.29, 0.717) is 0 Å². The zero-order valence-corrected chi connectivity index (χ0v) is 11.5. The molecule has 98 valence electrons. The first kappa shape index (κ1) is 11.4. The van der Waals surface area contributed by atoms with Crippen LogP contribution in [0, 0.1) is 23.1 Å². The summed E-state index contributed by atoms with van der Waals surface area (Å²) in [5.41, 5.74) is 0. The van der Waals surface area contributed by atoms with E-state index in [9.17, 15) is 5.26 Å². The molecule has 2 saturated heterocycles. The normalized spacial score (nSPS) is 54.3. The zero-order valence-electron chi connectivity index (χ0n) is 11.5. The molecule has 2 aliphatic carbocycles. The van der Waals surface area contributed by atoms with Crippen LogP contribution in [0.4, 0.5) is 0 Å². The van der Waals surface area contributed by atoms with E-state index in [2.05, 4.69) is 5.97 Å². The lowest BCUT2D eigenvalue weighted by molar-refractivity contribution is 0.392. The van der Waals surface area contributed by atoms with E-state index < -0.39 is 6.15 Å². The minimum absolute atomic E-state index is 0.661. The SMILES string of the molecule is N#C[B-]1(C2CC3CCC2C3)C2CCCC1CCC2. The third-order valence-corrected chi connectivity index (χ3v) is 7.58. The van der Waals surface area contributed by atoms with Crippen molar-refractivity contribution < 1.29 is 0 Å². The molecule has 2 saturated carbocycles. The first-order valence-electron chi connectivity index (χ1n) is 8.43. The van der Waals surface area contributed by atoms with Gasteiger partial charge in [0.1, 0.15) is 6.15 Å². The molecule has 2 heteroatoms. The number of nitrogens with zero attached hydrogens (tertiary/aromatic N) is 1. The fourth-order valence-electron chi connectivity index (χ4n) is 7.04. The summed E-state index contributed by atoms with van der Waals surface area (Å²) in [4.78, 5) is 0. The standard InChI is InChI=1S/C16H25BN/c18-11-17(16-10-12-7-8-13(16)9-12)14-3-1-4-15(17)6-2-5-14/h12-16H,1-10H2/q-1. The lowest BCUT2D eigenvalue weighted by Crippen LogP contribution is -2.53. The molecule has 18 heavy (non-hydrogen) atoms. The Hall–Kier alpha value is -0.445. The molecular formula is C16H25BN-. The molecule has 0 aromatic rings. The van der Waals surface area contributed by atoms with Crippen molar-refractivity contribution in [2.24, 2.45) is 11.8 Å². The molecule has 3 atom stereocenters. The van der Waals surface area contributed by atoms with Crippen molar-refractivity contribution in [3.8, 4) is 5.97 Å². The van der Waals surface area contributed by atoms with Gasteiger partial charge in [-0.15, -0.1) is 5.82 Å². The summed E-state index contributed by atoms with van der Waals surface area (Å²) in [6.07, 6.45) is 13.6. The molecule has 4 bridgehead atoms. The van der Waals surface area contributed by atoms with Crippen molar-refractivity contribution in [3.63, 3.8) is 0 Å². The van der Waals surface area contributed by atoms with Gasteiger partial charge in [-0.1, -0.05) is 70.1 Å². The molecule has 4 aliphatic rings. The zero-order chi connectivity index (χ0) is 12.2. The minimum Gasteiger partial charge on any atom is -0.250 e. The van der Waals surface area contributed by atoms with E-state index >= 15 is 0 Å². The molecule has 4 fully saturated rings. The summed E-state index contributed by atoms with van der Waals surface area (Å²) in [6, 6.07) is 0. The first-order valence-corrected chi connectivity index (χ1v) is 8.43. The molecular weight excluding hydrogens is 217 g/mol. The Balaban J connectivity index is 1.72. The van der Waals surface area contributed by atoms with Crippen LogP contribution in [0.3, 0.4) is 0 Å². The van der Waals surface area contributed by atoms with Crippen LogP contribution in [0.25, 0.3) is 0 Å². The second-order valence-electron chi connectivity index (χ2n) is 7.93. The fraction of sp³-hybridized carbons (Fsp3) is 0.938. The highest BCUT2D eigenvalue weighted by atomic mass is 14.5. The Kier molecular flexibility index (Phi) is 2.54. The summed E-state index contributed by atoms with van der Waals surface area (Å²) >= 11 is 0. The molecule has 0 N–H and O–H groups in total.